The molecular formula is C12H14N2. The first-order chi connectivity index (χ1) is 6.72. The highest BCUT2D eigenvalue weighted by atomic mass is 14.7. The fourth-order valence-corrected chi connectivity index (χ4v) is 1.69. The molecule has 0 unspecified atom stereocenters. The molecule has 2 heteroatoms. The lowest BCUT2D eigenvalue weighted by Gasteiger charge is -2.06. The van der Waals surface area contributed by atoms with Crippen LogP contribution in [0.3, 0.4) is 0 Å². The molecule has 0 fully saturated rings. The van der Waals surface area contributed by atoms with Crippen LogP contribution in [0.2, 0.25) is 0 Å². The van der Waals surface area contributed by atoms with E-state index in [4.69, 9.17) is 5.73 Å². The first-order valence-corrected chi connectivity index (χ1v) is 4.87. The summed E-state index contributed by atoms with van der Waals surface area (Å²) in [7, 11) is 0. The lowest BCUT2D eigenvalue weighted by molar-refractivity contribution is 1.05. The zero-order valence-corrected chi connectivity index (χ0v) is 8.54. The Morgan fingerprint density at radius 2 is 2.14 bits per heavy atom. The smallest absolute Gasteiger partial charge is 0.0937 e. The molecule has 1 aromatic heterocycles. The Bertz CT molecular complexity index is 475. The number of para-hydroxylation sites is 1. The van der Waals surface area contributed by atoms with E-state index in [1.807, 2.05) is 12.1 Å². The van der Waals surface area contributed by atoms with Crippen LogP contribution in [0.15, 0.2) is 24.3 Å². The molecule has 0 spiro atoms. The minimum atomic E-state index is 0.765. The van der Waals surface area contributed by atoms with Gasteiger partial charge in [-0.1, -0.05) is 19.1 Å². The summed E-state index contributed by atoms with van der Waals surface area (Å²) in [4.78, 5) is 4.53. The molecule has 14 heavy (non-hydrogen) atoms. The van der Waals surface area contributed by atoms with Gasteiger partial charge in [-0.2, -0.15) is 0 Å². The molecule has 0 saturated heterocycles. The van der Waals surface area contributed by atoms with Gasteiger partial charge in [-0.3, -0.25) is 4.98 Å². The summed E-state index contributed by atoms with van der Waals surface area (Å²) in [6.07, 6.45) is 0.950. The van der Waals surface area contributed by atoms with Crippen molar-refractivity contribution < 1.29 is 0 Å². The molecule has 0 bridgehead atoms. The van der Waals surface area contributed by atoms with Crippen molar-refractivity contribution >= 4 is 16.6 Å². The van der Waals surface area contributed by atoms with Crippen LogP contribution in [0.4, 0.5) is 5.69 Å². The summed E-state index contributed by atoms with van der Waals surface area (Å²) in [5.74, 6) is 0. The lowest BCUT2D eigenvalue weighted by Crippen LogP contribution is -1.95. The second-order valence-electron chi connectivity index (χ2n) is 3.53. The quantitative estimate of drug-likeness (QED) is 0.695. The Hall–Kier alpha value is -1.57. The maximum Gasteiger partial charge on any atom is 0.0937 e. The molecule has 0 atom stereocenters. The molecule has 0 aliphatic carbocycles. The van der Waals surface area contributed by atoms with Crippen LogP contribution in [0, 0.1) is 6.92 Å². The van der Waals surface area contributed by atoms with Gasteiger partial charge in [0.2, 0.25) is 0 Å². The van der Waals surface area contributed by atoms with Gasteiger partial charge in [-0.05, 0) is 31.0 Å². The maximum absolute atomic E-state index is 5.89. The minimum absolute atomic E-state index is 0.765. The second kappa shape index (κ2) is 3.29. The van der Waals surface area contributed by atoms with Gasteiger partial charge < -0.3 is 5.73 Å². The van der Waals surface area contributed by atoms with Gasteiger partial charge in [-0.15, -0.1) is 0 Å². The summed E-state index contributed by atoms with van der Waals surface area (Å²) in [6.45, 7) is 4.20. The first kappa shape index (κ1) is 9.00. The van der Waals surface area contributed by atoms with Crippen molar-refractivity contribution in [3.8, 4) is 0 Å². The van der Waals surface area contributed by atoms with E-state index < -0.39 is 0 Å². The van der Waals surface area contributed by atoms with E-state index in [1.165, 1.54) is 5.56 Å². The normalized spacial score (nSPS) is 10.7. The van der Waals surface area contributed by atoms with E-state index in [0.29, 0.717) is 0 Å². The van der Waals surface area contributed by atoms with Crippen LogP contribution in [0.5, 0.6) is 0 Å². The number of hydrogen-bond donors (Lipinski definition) is 1. The van der Waals surface area contributed by atoms with E-state index in [-0.39, 0.29) is 0 Å². The van der Waals surface area contributed by atoms with Crippen LogP contribution in [-0.2, 0) is 6.42 Å². The SMILES string of the molecule is CCc1cc(C)c2cccc(N)c2n1. The molecule has 2 N–H and O–H groups in total. The number of rotatable bonds is 1. The predicted octanol–water partition coefficient (Wildman–Crippen LogP) is 2.69. The van der Waals surface area contributed by atoms with Crippen LogP contribution in [0.1, 0.15) is 18.2 Å². The number of fused-ring (bicyclic) bond motifs is 1. The van der Waals surface area contributed by atoms with Crippen molar-refractivity contribution in [2.75, 3.05) is 5.73 Å². The number of benzene rings is 1. The summed E-state index contributed by atoms with van der Waals surface area (Å²) < 4.78 is 0. The highest BCUT2D eigenvalue weighted by molar-refractivity contribution is 5.91. The fraction of sp³-hybridized carbons (Fsp3) is 0.250. The topological polar surface area (TPSA) is 38.9 Å². The van der Waals surface area contributed by atoms with E-state index in [9.17, 15) is 0 Å². The predicted molar refractivity (Wildman–Crippen MR) is 60.3 cm³/mol. The number of aryl methyl sites for hydroxylation is 2. The zero-order chi connectivity index (χ0) is 10.1. The Labute approximate surface area is 83.8 Å². The number of nitrogens with two attached hydrogens (primary N) is 1. The number of aromatic nitrogens is 1. The Balaban J connectivity index is 2.83. The molecule has 72 valence electrons. The zero-order valence-electron chi connectivity index (χ0n) is 8.54. The molecule has 0 amide bonds. The van der Waals surface area contributed by atoms with Gasteiger partial charge in [0, 0.05) is 11.1 Å². The van der Waals surface area contributed by atoms with E-state index in [0.717, 1.165) is 28.7 Å². The number of nitrogen functional groups attached to an aromatic ring is 1. The average molecular weight is 186 g/mol. The van der Waals surface area contributed by atoms with Crippen molar-refractivity contribution in [2.45, 2.75) is 20.3 Å². The monoisotopic (exact) mass is 186 g/mol. The molecule has 2 aromatic rings. The Morgan fingerprint density at radius 3 is 2.86 bits per heavy atom. The molecule has 1 aromatic carbocycles. The largest absolute Gasteiger partial charge is 0.397 e. The van der Waals surface area contributed by atoms with Gasteiger partial charge in [-0.25, -0.2) is 0 Å². The minimum Gasteiger partial charge on any atom is -0.397 e. The summed E-state index contributed by atoms with van der Waals surface area (Å²) >= 11 is 0. The molecule has 0 saturated carbocycles. The molecule has 2 rings (SSSR count). The van der Waals surface area contributed by atoms with Crippen LogP contribution in [-0.4, -0.2) is 4.98 Å². The van der Waals surface area contributed by atoms with Crippen molar-refractivity contribution in [1.82, 2.24) is 4.98 Å². The molecule has 0 radical (unpaired) electrons. The van der Waals surface area contributed by atoms with Gasteiger partial charge >= 0.3 is 0 Å². The third-order valence-electron chi connectivity index (χ3n) is 2.49. The number of hydrogen-bond acceptors (Lipinski definition) is 2. The third-order valence-corrected chi connectivity index (χ3v) is 2.49. The van der Waals surface area contributed by atoms with Crippen LogP contribution >= 0.6 is 0 Å². The Kier molecular flexibility index (Phi) is 2.12. The van der Waals surface area contributed by atoms with Gasteiger partial charge in [0.1, 0.15) is 0 Å². The molecule has 0 aliphatic rings. The summed E-state index contributed by atoms with van der Waals surface area (Å²) in [5, 5.41) is 1.15. The lowest BCUT2D eigenvalue weighted by atomic mass is 10.1. The highest BCUT2D eigenvalue weighted by Crippen LogP contribution is 2.22. The van der Waals surface area contributed by atoms with Crippen molar-refractivity contribution in [3.63, 3.8) is 0 Å². The van der Waals surface area contributed by atoms with Crippen LogP contribution < -0.4 is 5.73 Å². The van der Waals surface area contributed by atoms with Crippen molar-refractivity contribution in [3.05, 3.63) is 35.5 Å². The molecule has 0 aliphatic heterocycles. The highest BCUT2D eigenvalue weighted by Gasteiger charge is 2.03. The summed E-state index contributed by atoms with van der Waals surface area (Å²) in [5.41, 5.74) is 9.94. The van der Waals surface area contributed by atoms with E-state index in [1.54, 1.807) is 0 Å². The average Bonchev–Trinajstić information content (AvgIpc) is 2.19. The summed E-state index contributed by atoms with van der Waals surface area (Å²) in [6, 6.07) is 8.06. The Morgan fingerprint density at radius 1 is 1.36 bits per heavy atom. The maximum atomic E-state index is 5.89. The third kappa shape index (κ3) is 1.33. The van der Waals surface area contributed by atoms with E-state index >= 15 is 0 Å². The molecule has 2 nitrogen and oxygen atoms in total. The van der Waals surface area contributed by atoms with Gasteiger partial charge in [0.25, 0.3) is 0 Å². The number of anilines is 1. The van der Waals surface area contributed by atoms with E-state index in [2.05, 4.69) is 31.0 Å². The number of nitrogens with zero attached hydrogens (tertiary/aromatic N) is 1. The number of pyridine rings is 1. The molecular weight excluding hydrogens is 172 g/mol. The van der Waals surface area contributed by atoms with Crippen molar-refractivity contribution in [2.24, 2.45) is 0 Å². The van der Waals surface area contributed by atoms with Gasteiger partial charge in [0.15, 0.2) is 0 Å². The van der Waals surface area contributed by atoms with Gasteiger partial charge in [0.05, 0.1) is 11.2 Å². The first-order valence-electron chi connectivity index (χ1n) is 4.87. The second-order valence-corrected chi connectivity index (χ2v) is 3.53. The fourth-order valence-electron chi connectivity index (χ4n) is 1.69. The van der Waals surface area contributed by atoms with Crippen LogP contribution in [0.25, 0.3) is 10.9 Å². The molecule has 1 heterocycles. The van der Waals surface area contributed by atoms with Crippen molar-refractivity contribution in [1.29, 1.82) is 0 Å². The standard InChI is InChI=1S/C12H14N2/c1-3-9-7-8(2)10-5-4-6-11(13)12(10)14-9/h4-7H,3,13H2,1-2H3.